The third-order valence-electron chi connectivity index (χ3n) is 9.99. The number of nitrogens with zero attached hydrogens (tertiary/aromatic N) is 6. The summed E-state index contributed by atoms with van der Waals surface area (Å²) in [4.78, 5) is 4.39. The Hall–Kier alpha value is -2.29. The summed E-state index contributed by atoms with van der Waals surface area (Å²) >= 11 is 0. The Bertz CT molecular complexity index is 1530. The first-order valence-corrected chi connectivity index (χ1v) is 20.1. The molecule has 3 aliphatic rings. The molecule has 0 amide bonds. The summed E-state index contributed by atoms with van der Waals surface area (Å²) in [5.41, 5.74) is 2.95. The summed E-state index contributed by atoms with van der Waals surface area (Å²) in [6, 6.07) is 9.41. The van der Waals surface area contributed by atoms with E-state index in [9.17, 15) is 16.8 Å². The first-order chi connectivity index (χ1) is 22.5. The van der Waals surface area contributed by atoms with Gasteiger partial charge in [0.25, 0.3) is 10.2 Å². The molecule has 11 nitrogen and oxygen atoms in total. The van der Waals surface area contributed by atoms with E-state index in [2.05, 4.69) is 4.90 Å². The van der Waals surface area contributed by atoms with Gasteiger partial charge in [-0.2, -0.15) is 17.0 Å². The van der Waals surface area contributed by atoms with Crippen molar-refractivity contribution in [1.29, 1.82) is 0 Å². The van der Waals surface area contributed by atoms with Gasteiger partial charge in [0.2, 0.25) is 0 Å². The van der Waals surface area contributed by atoms with Crippen LogP contribution in [-0.2, 0) is 33.4 Å². The number of ether oxygens (including phenoxy) is 1. The van der Waals surface area contributed by atoms with Gasteiger partial charge in [-0.1, -0.05) is 42.3 Å². The molecule has 13 heteroatoms. The fourth-order valence-electron chi connectivity index (χ4n) is 7.42. The van der Waals surface area contributed by atoms with Gasteiger partial charge in [-0.25, -0.2) is 0 Å². The molecule has 0 bridgehead atoms. The van der Waals surface area contributed by atoms with Crippen molar-refractivity contribution in [3.8, 4) is 5.75 Å². The van der Waals surface area contributed by atoms with Crippen molar-refractivity contribution < 1.29 is 25.5 Å². The second kappa shape index (κ2) is 15.9. The average molecular weight is 692 g/mol. The zero-order valence-corrected chi connectivity index (χ0v) is 30.4. The minimum Gasteiger partial charge on any atom is -0.496 e. The van der Waals surface area contributed by atoms with Crippen molar-refractivity contribution in [1.82, 2.24) is 17.8 Å². The van der Waals surface area contributed by atoms with Crippen LogP contribution in [0.25, 0.3) is 0 Å². The summed E-state index contributed by atoms with van der Waals surface area (Å²) in [7, 11) is -2.17. The van der Waals surface area contributed by atoms with Crippen LogP contribution in [0.1, 0.15) is 63.0 Å². The molecule has 0 spiro atoms. The molecule has 0 radical (unpaired) electrons. The van der Waals surface area contributed by atoms with Gasteiger partial charge in [-0.3, -0.25) is 0 Å². The summed E-state index contributed by atoms with van der Waals surface area (Å²) in [6.07, 6.45) is 11.6. The van der Waals surface area contributed by atoms with Crippen LogP contribution >= 0.6 is 0 Å². The van der Waals surface area contributed by atoms with Crippen molar-refractivity contribution in [3.05, 3.63) is 53.9 Å². The number of benzene rings is 1. The predicted molar refractivity (Wildman–Crippen MR) is 186 cm³/mol. The maximum absolute atomic E-state index is 14.3. The molecule has 3 heterocycles. The Morgan fingerprint density at radius 2 is 1.49 bits per heavy atom. The Labute approximate surface area is 283 Å². The standard InChI is InChI=1S/C34H55N6O5S2/c1-29-25-38(46(41,42)37-22-15-32(16-23-37)35(2)3)20-9-18-36(27-30-11-6-5-7-12-30)19-10-21-39(26-29)47(43,44)40-24-17-33-31(28-40)13-8-14-34(33)45-4/h8,13-16,22-23,29-30H,5-7,9-12,17-21,24-28H2,1-4H3/q+1/t29-/m0/s1. The topological polar surface area (TPSA) is 97.6 Å². The Balaban J connectivity index is 1.39. The fraction of sp³-hybridized carbons (Fsp3) is 0.676. The highest BCUT2D eigenvalue weighted by atomic mass is 32.2. The summed E-state index contributed by atoms with van der Waals surface area (Å²) in [6.45, 7) is 6.49. The summed E-state index contributed by atoms with van der Waals surface area (Å²) in [5, 5.41) is 0. The molecule has 1 saturated heterocycles. The van der Waals surface area contributed by atoms with E-state index in [0.29, 0.717) is 38.5 Å². The van der Waals surface area contributed by atoms with Crippen molar-refractivity contribution in [2.45, 2.75) is 64.8 Å². The lowest BCUT2D eigenvalue weighted by Gasteiger charge is -2.36. The molecule has 2 fully saturated rings. The maximum atomic E-state index is 14.3. The molecule has 2 aromatic rings. The lowest BCUT2D eigenvalue weighted by molar-refractivity contribution is -0.516. The summed E-state index contributed by atoms with van der Waals surface area (Å²) in [5.74, 6) is 1.23. The van der Waals surface area contributed by atoms with Gasteiger partial charge in [-0.15, -0.1) is 12.7 Å². The lowest BCUT2D eigenvalue weighted by Crippen LogP contribution is -2.55. The van der Waals surface area contributed by atoms with E-state index >= 15 is 0 Å². The largest absolute Gasteiger partial charge is 0.496 e. The van der Waals surface area contributed by atoms with Crippen LogP contribution in [0.3, 0.4) is 0 Å². The van der Waals surface area contributed by atoms with E-state index in [1.807, 2.05) is 44.1 Å². The molecule has 47 heavy (non-hydrogen) atoms. The number of pyridine rings is 1. The predicted octanol–water partition coefficient (Wildman–Crippen LogP) is 3.36. The van der Waals surface area contributed by atoms with E-state index in [-0.39, 0.29) is 19.0 Å². The Morgan fingerprint density at radius 1 is 0.830 bits per heavy atom. The molecule has 1 atom stereocenters. The fourth-order valence-corrected chi connectivity index (χ4v) is 10.7. The molecular weight excluding hydrogens is 637 g/mol. The van der Waals surface area contributed by atoms with Crippen LogP contribution in [0.15, 0.2) is 42.7 Å². The minimum atomic E-state index is -3.86. The van der Waals surface area contributed by atoms with Crippen molar-refractivity contribution in [2.24, 2.45) is 11.8 Å². The van der Waals surface area contributed by atoms with Gasteiger partial charge in [0, 0.05) is 77.7 Å². The Morgan fingerprint density at radius 3 is 2.15 bits per heavy atom. The maximum Gasteiger partial charge on any atom is 0.447 e. The average Bonchev–Trinajstić information content (AvgIpc) is 3.06. The zero-order chi connectivity index (χ0) is 33.6. The lowest BCUT2D eigenvalue weighted by atomic mass is 9.89. The minimum absolute atomic E-state index is 0.212. The van der Waals surface area contributed by atoms with Crippen LogP contribution < -0.4 is 13.6 Å². The molecule has 1 aromatic heterocycles. The van der Waals surface area contributed by atoms with Gasteiger partial charge in [0.15, 0.2) is 12.4 Å². The first kappa shape index (κ1) is 36.0. The first-order valence-electron chi connectivity index (χ1n) is 17.3. The Kier molecular flexibility index (Phi) is 12.2. The molecule has 5 rings (SSSR count). The van der Waals surface area contributed by atoms with Crippen molar-refractivity contribution in [2.75, 3.05) is 78.5 Å². The molecule has 0 unspecified atom stereocenters. The monoisotopic (exact) mass is 691 g/mol. The second-order valence-corrected chi connectivity index (χ2v) is 17.6. The highest BCUT2D eigenvalue weighted by Gasteiger charge is 2.37. The molecular formula is C34H55N6O5S2+. The number of hydrogen-bond acceptors (Lipinski definition) is 7. The number of fused-ring (bicyclic) bond motifs is 1. The smallest absolute Gasteiger partial charge is 0.447 e. The number of hydrogen-bond donors (Lipinski definition) is 0. The third-order valence-corrected chi connectivity index (χ3v) is 13.7. The normalized spacial score (nSPS) is 22.6. The quantitative estimate of drug-likeness (QED) is 0.392. The molecule has 1 aromatic carbocycles. The molecule has 1 saturated carbocycles. The number of rotatable bonds is 8. The van der Waals surface area contributed by atoms with Crippen molar-refractivity contribution in [3.63, 3.8) is 0 Å². The van der Waals surface area contributed by atoms with Gasteiger partial charge in [0.05, 0.1) is 7.11 Å². The van der Waals surface area contributed by atoms with Crippen LogP contribution in [0.2, 0.25) is 0 Å². The third kappa shape index (κ3) is 8.85. The number of methoxy groups -OCH3 is 1. The van der Waals surface area contributed by atoms with E-state index in [1.165, 1.54) is 36.1 Å². The highest BCUT2D eigenvalue weighted by Crippen LogP contribution is 2.30. The summed E-state index contributed by atoms with van der Waals surface area (Å²) < 4.78 is 68.3. The van der Waals surface area contributed by atoms with Gasteiger partial charge < -0.3 is 14.5 Å². The van der Waals surface area contributed by atoms with Crippen molar-refractivity contribution >= 4 is 26.1 Å². The van der Waals surface area contributed by atoms with Gasteiger partial charge >= 0.3 is 10.2 Å². The zero-order valence-electron chi connectivity index (χ0n) is 28.8. The van der Waals surface area contributed by atoms with E-state index in [1.54, 1.807) is 44.6 Å². The highest BCUT2D eigenvalue weighted by molar-refractivity contribution is 7.86. The van der Waals surface area contributed by atoms with Crippen LogP contribution in [-0.4, -0.2) is 108 Å². The van der Waals surface area contributed by atoms with Gasteiger partial charge in [-0.05, 0) is 74.2 Å². The van der Waals surface area contributed by atoms with E-state index < -0.39 is 20.4 Å². The molecule has 1 aliphatic carbocycles. The van der Waals surface area contributed by atoms with Crippen LogP contribution in [0, 0.1) is 11.8 Å². The second-order valence-electron chi connectivity index (χ2n) is 13.8. The van der Waals surface area contributed by atoms with E-state index in [0.717, 1.165) is 55.0 Å². The molecule has 2 aliphatic heterocycles. The van der Waals surface area contributed by atoms with Crippen LogP contribution in [0.5, 0.6) is 5.75 Å². The SMILES string of the molecule is COc1cccc2c1CCN(S(=O)(=O)N1CCCN(CC3CCCCC3)CCCN(S(=O)(=O)[n+]3ccc(N(C)C)cc3)C[C@H](C)C1)C2. The van der Waals surface area contributed by atoms with E-state index in [4.69, 9.17) is 4.74 Å². The van der Waals surface area contributed by atoms with Crippen LogP contribution in [0.4, 0.5) is 5.69 Å². The number of anilines is 1. The van der Waals surface area contributed by atoms with Gasteiger partial charge in [0.1, 0.15) is 5.75 Å². The molecule has 0 N–H and O–H groups in total. The number of aromatic nitrogens is 1. The molecule has 262 valence electrons.